The van der Waals surface area contributed by atoms with Gasteiger partial charge in [-0.1, -0.05) is 11.6 Å². The number of nitrogens with one attached hydrogen (secondary N) is 1. The molecule has 1 aromatic rings. The molecule has 0 aliphatic carbocycles. The van der Waals surface area contributed by atoms with Crippen LogP contribution >= 0.6 is 11.6 Å². The highest BCUT2D eigenvalue weighted by molar-refractivity contribution is 7.89. The first kappa shape index (κ1) is 14.3. The Morgan fingerprint density at radius 1 is 1.32 bits per heavy atom. The van der Waals surface area contributed by atoms with Crippen molar-refractivity contribution in [2.24, 2.45) is 0 Å². The standard InChI is InChI=1S/C11H13ClN2O4S/c12-9-2-1-8(11(15)16)7-10(9)19(17,18)14-5-3-13-4-6-14/h1-2,7,13H,3-6H2,(H,15,16). The third-order valence-electron chi connectivity index (χ3n) is 2.87. The predicted octanol–water partition coefficient (Wildman–Crippen LogP) is 0.632. The predicted molar refractivity (Wildman–Crippen MR) is 70.0 cm³/mol. The monoisotopic (exact) mass is 304 g/mol. The number of nitrogens with zero attached hydrogens (tertiary/aromatic N) is 1. The highest BCUT2D eigenvalue weighted by Gasteiger charge is 2.28. The molecule has 0 unspecified atom stereocenters. The molecule has 0 saturated carbocycles. The van der Waals surface area contributed by atoms with Crippen LogP contribution in [0.25, 0.3) is 0 Å². The molecular formula is C11H13ClN2O4S. The molecule has 1 aromatic carbocycles. The van der Waals surface area contributed by atoms with Crippen LogP contribution in [0.5, 0.6) is 0 Å². The minimum absolute atomic E-state index is 0.0310. The smallest absolute Gasteiger partial charge is 0.335 e. The lowest BCUT2D eigenvalue weighted by Gasteiger charge is -2.27. The zero-order valence-corrected chi connectivity index (χ0v) is 11.5. The van der Waals surface area contributed by atoms with E-state index in [0.717, 1.165) is 6.07 Å². The molecule has 0 aromatic heterocycles. The lowest BCUT2D eigenvalue weighted by atomic mass is 10.2. The number of benzene rings is 1. The summed E-state index contributed by atoms with van der Waals surface area (Å²) in [5, 5.41) is 12.0. The van der Waals surface area contributed by atoms with E-state index in [4.69, 9.17) is 16.7 Å². The third kappa shape index (κ3) is 2.89. The van der Waals surface area contributed by atoms with Gasteiger partial charge in [0, 0.05) is 26.2 Å². The van der Waals surface area contributed by atoms with Crippen molar-refractivity contribution in [1.82, 2.24) is 9.62 Å². The van der Waals surface area contributed by atoms with E-state index in [1.807, 2.05) is 0 Å². The summed E-state index contributed by atoms with van der Waals surface area (Å²) in [6, 6.07) is 3.67. The quantitative estimate of drug-likeness (QED) is 0.855. The van der Waals surface area contributed by atoms with E-state index in [9.17, 15) is 13.2 Å². The molecule has 1 fully saturated rings. The average molecular weight is 305 g/mol. The number of piperazine rings is 1. The molecule has 2 rings (SSSR count). The second-order valence-corrected chi connectivity index (χ2v) is 6.42. The van der Waals surface area contributed by atoms with Crippen LogP contribution in [0.2, 0.25) is 5.02 Å². The Balaban J connectivity index is 2.44. The largest absolute Gasteiger partial charge is 0.478 e. The lowest BCUT2D eigenvalue weighted by molar-refractivity contribution is 0.0696. The van der Waals surface area contributed by atoms with Crippen LogP contribution in [0.3, 0.4) is 0 Å². The fraction of sp³-hybridized carbons (Fsp3) is 0.364. The van der Waals surface area contributed by atoms with Crippen molar-refractivity contribution >= 4 is 27.6 Å². The van der Waals surface area contributed by atoms with Crippen LogP contribution < -0.4 is 5.32 Å². The molecule has 6 nitrogen and oxygen atoms in total. The van der Waals surface area contributed by atoms with Crippen LogP contribution in [-0.4, -0.2) is 50.0 Å². The van der Waals surface area contributed by atoms with E-state index in [1.165, 1.54) is 16.4 Å². The average Bonchev–Trinajstić information content (AvgIpc) is 2.39. The molecule has 19 heavy (non-hydrogen) atoms. The number of hydrogen-bond donors (Lipinski definition) is 2. The van der Waals surface area contributed by atoms with Crippen molar-refractivity contribution in [3.8, 4) is 0 Å². The fourth-order valence-electron chi connectivity index (χ4n) is 1.86. The number of halogens is 1. The Morgan fingerprint density at radius 3 is 2.53 bits per heavy atom. The van der Waals surface area contributed by atoms with Gasteiger partial charge >= 0.3 is 5.97 Å². The van der Waals surface area contributed by atoms with Crippen molar-refractivity contribution in [2.45, 2.75) is 4.90 Å². The van der Waals surface area contributed by atoms with Gasteiger partial charge in [0.1, 0.15) is 4.90 Å². The molecule has 0 bridgehead atoms. The first-order chi connectivity index (χ1) is 8.93. The van der Waals surface area contributed by atoms with Gasteiger partial charge in [0.05, 0.1) is 10.6 Å². The summed E-state index contributed by atoms with van der Waals surface area (Å²) in [5.74, 6) is -1.19. The zero-order chi connectivity index (χ0) is 14.0. The van der Waals surface area contributed by atoms with Gasteiger partial charge in [-0.15, -0.1) is 0 Å². The third-order valence-corrected chi connectivity index (χ3v) is 5.25. The van der Waals surface area contributed by atoms with E-state index in [-0.39, 0.29) is 15.5 Å². The minimum Gasteiger partial charge on any atom is -0.478 e. The second-order valence-electron chi connectivity index (χ2n) is 4.10. The number of hydrogen-bond acceptors (Lipinski definition) is 4. The Bertz CT molecular complexity index is 597. The molecule has 1 aliphatic heterocycles. The topological polar surface area (TPSA) is 86.7 Å². The number of carbonyl (C=O) groups is 1. The molecule has 2 N–H and O–H groups in total. The summed E-state index contributed by atoms with van der Waals surface area (Å²) in [6.07, 6.45) is 0. The Hall–Kier alpha value is -1.15. The number of sulfonamides is 1. The molecular weight excluding hydrogens is 292 g/mol. The van der Waals surface area contributed by atoms with Crippen LogP contribution in [-0.2, 0) is 10.0 Å². The molecule has 0 atom stereocenters. The van der Waals surface area contributed by atoms with Gasteiger partial charge in [0.15, 0.2) is 0 Å². The second kappa shape index (κ2) is 5.46. The van der Waals surface area contributed by atoms with Crippen molar-refractivity contribution in [2.75, 3.05) is 26.2 Å². The van der Waals surface area contributed by atoms with Gasteiger partial charge in [-0.05, 0) is 18.2 Å². The van der Waals surface area contributed by atoms with E-state index in [0.29, 0.717) is 26.2 Å². The van der Waals surface area contributed by atoms with E-state index in [2.05, 4.69) is 5.32 Å². The van der Waals surface area contributed by atoms with Gasteiger partial charge in [-0.25, -0.2) is 13.2 Å². The lowest BCUT2D eigenvalue weighted by Crippen LogP contribution is -2.46. The number of aromatic carboxylic acids is 1. The highest BCUT2D eigenvalue weighted by atomic mass is 35.5. The van der Waals surface area contributed by atoms with Gasteiger partial charge in [0.25, 0.3) is 0 Å². The van der Waals surface area contributed by atoms with Crippen LogP contribution in [0.1, 0.15) is 10.4 Å². The molecule has 1 aliphatic rings. The number of rotatable bonds is 3. The van der Waals surface area contributed by atoms with E-state index < -0.39 is 16.0 Å². The molecule has 1 heterocycles. The molecule has 0 amide bonds. The van der Waals surface area contributed by atoms with Gasteiger partial charge < -0.3 is 10.4 Å². The van der Waals surface area contributed by atoms with Gasteiger partial charge in [0.2, 0.25) is 10.0 Å². The SMILES string of the molecule is O=C(O)c1ccc(Cl)c(S(=O)(=O)N2CCNCC2)c1. The first-order valence-corrected chi connectivity index (χ1v) is 7.48. The van der Waals surface area contributed by atoms with E-state index >= 15 is 0 Å². The minimum atomic E-state index is -3.75. The van der Waals surface area contributed by atoms with Crippen LogP contribution in [0.15, 0.2) is 23.1 Å². The fourth-order valence-corrected chi connectivity index (χ4v) is 3.80. The summed E-state index contributed by atoms with van der Waals surface area (Å²) in [4.78, 5) is 10.7. The first-order valence-electron chi connectivity index (χ1n) is 5.66. The van der Waals surface area contributed by atoms with Crippen LogP contribution in [0.4, 0.5) is 0 Å². The van der Waals surface area contributed by atoms with Crippen molar-refractivity contribution in [1.29, 1.82) is 0 Å². The van der Waals surface area contributed by atoms with Crippen LogP contribution in [0, 0.1) is 0 Å². The molecule has 104 valence electrons. The maximum atomic E-state index is 12.4. The summed E-state index contributed by atoms with van der Waals surface area (Å²) >= 11 is 5.89. The summed E-state index contributed by atoms with van der Waals surface area (Å²) in [6.45, 7) is 1.82. The Kier molecular flexibility index (Phi) is 4.10. The van der Waals surface area contributed by atoms with Gasteiger partial charge in [-0.3, -0.25) is 0 Å². The molecule has 0 radical (unpaired) electrons. The number of carboxylic acid groups (broad SMARTS) is 1. The Labute approximate surface area is 116 Å². The Morgan fingerprint density at radius 2 is 1.95 bits per heavy atom. The maximum absolute atomic E-state index is 12.4. The highest BCUT2D eigenvalue weighted by Crippen LogP contribution is 2.26. The summed E-state index contributed by atoms with van der Waals surface area (Å²) in [7, 11) is -3.75. The van der Waals surface area contributed by atoms with Crippen molar-refractivity contribution in [3.63, 3.8) is 0 Å². The number of carboxylic acids is 1. The molecule has 1 saturated heterocycles. The zero-order valence-electron chi connectivity index (χ0n) is 9.97. The molecule has 0 spiro atoms. The molecule has 8 heteroatoms. The van der Waals surface area contributed by atoms with Crippen molar-refractivity contribution in [3.05, 3.63) is 28.8 Å². The van der Waals surface area contributed by atoms with E-state index in [1.54, 1.807) is 0 Å². The normalized spacial score (nSPS) is 17.3. The van der Waals surface area contributed by atoms with Gasteiger partial charge in [-0.2, -0.15) is 4.31 Å². The summed E-state index contributed by atoms with van der Waals surface area (Å²) in [5.41, 5.74) is -0.0990. The maximum Gasteiger partial charge on any atom is 0.335 e. The van der Waals surface area contributed by atoms with Crippen molar-refractivity contribution < 1.29 is 18.3 Å². The summed E-state index contributed by atoms with van der Waals surface area (Å²) < 4.78 is 26.1.